The molecule has 0 unspecified atom stereocenters. The van der Waals surface area contributed by atoms with Gasteiger partial charge in [0.25, 0.3) is 0 Å². The van der Waals surface area contributed by atoms with Crippen molar-refractivity contribution in [3.8, 4) is 5.75 Å². The predicted molar refractivity (Wildman–Crippen MR) is 90.1 cm³/mol. The summed E-state index contributed by atoms with van der Waals surface area (Å²) in [5.74, 6) is -3.46. The van der Waals surface area contributed by atoms with Crippen molar-refractivity contribution in [3.05, 3.63) is 29.3 Å². The highest BCUT2D eigenvalue weighted by Crippen LogP contribution is 2.33. The fraction of sp³-hybridized carbons (Fsp3) is 0.684. The van der Waals surface area contributed by atoms with Crippen LogP contribution in [0.5, 0.6) is 5.75 Å². The molecular formula is C19H23F5O5. The van der Waals surface area contributed by atoms with E-state index in [0.29, 0.717) is 19.1 Å². The summed E-state index contributed by atoms with van der Waals surface area (Å²) < 4.78 is 91.3. The van der Waals surface area contributed by atoms with Gasteiger partial charge in [-0.1, -0.05) is 13.3 Å². The molecule has 0 radical (unpaired) electrons. The van der Waals surface area contributed by atoms with Crippen molar-refractivity contribution in [3.63, 3.8) is 0 Å². The third-order valence-electron chi connectivity index (χ3n) is 4.67. The Balaban J connectivity index is 1.54. The van der Waals surface area contributed by atoms with Crippen molar-refractivity contribution in [1.29, 1.82) is 0 Å². The van der Waals surface area contributed by atoms with Gasteiger partial charge in [-0.05, 0) is 18.6 Å². The number of ether oxygens (including phenoxy) is 5. The Hall–Kier alpha value is -1.49. The van der Waals surface area contributed by atoms with Crippen LogP contribution in [-0.4, -0.2) is 45.5 Å². The van der Waals surface area contributed by atoms with E-state index in [1.165, 1.54) is 0 Å². The summed E-state index contributed by atoms with van der Waals surface area (Å²) in [6.45, 7) is 1.85. The molecule has 0 bridgehead atoms. The molecule has 29 heavy (non-hydrogen) atoms. The van der Waals surface area contributed by atoms with Gasteiger partial charge in [0.1, 0.15) is 0 Å². The van der Waals surface area contributed by atoms with Crippen molar-refractivity contribution in [2.75, 3.05) is 33.0 Å². The van der Waals surface area contributed by atoms with Gasteiger partial charge in [-0.2, -0.15) is 13.2 Å². The van der Waals surface area contributed by atoms with Crippen molar-refractivity contribution in [2.24, 2.45) is 11.8 Å². The maximum Gasteiger partial charge on any atom is 0.422 e. The molecule has 2 saturated heterocycles. The zero-order valence-electron chi connectivity index (χ0n) is 15.8. The Morgan fingerprint density at radius 3 is 2.07 bits per heavy atom. The van der Waals surface area contributed by atoms with Crippen molar-refractivity contribution < 1.29 is 45.6 Å². The average Bonchev–Trinajstić information content (AvgIpc) is 2.67. The third-order valence-corrected chi connectivity index (χ3v) is 4.67. The molecule has 0 amide bonds. The van der Waals surface area contributed by atoms with Gasteiger partial charge < -0.3 is 23.7 Å². The van der Waals surface area contributed by atoms with E-state index in [2.05, 4.69) is 11.7 Å². The summed E-state index contributed by atoms with van der Waals surface area (Å²) in [6.07, 6.45) is -4.17. The lowest BCUT2D eigenvalue weighted by molar-refractivity contribution is -0.283. The largest absolute Gasteiger partial charge is 0.478 e. The zero-order valence-corrected chi connectivity index (χ0v) is 15.8. The lowest BCUT2D eigenvalue weighted by Gasteiger charge is -2.37. The van der Waals surface area contributed by atoms with Crippen LogP contribution in [0.15, 0.2) is 12.1 Å². The molecule has 0 aromatic heterocycles. The van der Waals surface area contributed by atoms with E-state index >= 15 is 0 Å². The molecule has 10 heteroatoms. The molecule has 0 aliphatic carbocycles. The lowest BCUT2D eigenvalue weighted by Crippen LogP contribution is -2.43. The molecular weight excluding hydrogens is 403 g/mol. The molecule has 2 aliphatic rings. The maximum atomic E-state index is 14.0. The summed E-state index contributed by atoms with van der Waals surface area (Å²) in [6, 6.07) is 1.67. The molecule has 0 spiro atoms. The summed E-state index contributed by atoms with van der Waals surface area (Å²) >= 11 is 0. The highest BCUT2D eigenvalue weighted by Gasteiger charge is 2.35. The maximum absolute atomic E-state index is 14.0. The molecule has 5 nitrogen and oxygen atoms in total. The molecule has 2 heterocycles. The molecule has 1 aromatic rings. The second kappa shape index (κ2) is 9.55. The van der Waals surface area contributed by atoms with Crippen LogP contribution in [0.2, 0.25) is 0 Å². The van der Waals surface area contributed by atoms with Crippen LogP contribution >= 0.6 is 0 Å². The minimum Gasteiger partial charge on any atom is -0.478 e. The summed E-state index contributed by atoms with van der Waals surface area (Å²) in [5.41, 5.74) is 0.00583. The highest BCUT2D eigenvalue weighted by atomic mass is 19.4. The molecule has 0 atom stereocenters. The first-order valence-corrected chi connectivity index (χ1v) is 9.41. The van der Waals surface area contributed by atoms with Gasteiger partial charge in [-0.3, -0.25) is 0 Å². The SMILES string of the molecule is CCCC1COC(C2COC(c3cc(F)c(OCC(F)(F)F)c(F)c3)OC2)OC1. The highest BCUT2D eigenvalue weighted by molar-refractivity contribution is 5.32. The zero-order chi connectivity index (χ0) is 21.0. The normalized spacial score (nSPS) is 28.3. The van der Waals surface area contributed by atoms with Crippen molar-refractivity contribution >= 4 is 0 Å². The number of halogens is 5. The summed E-state index contributed by atoms with van der Waals surface area (Å²) in [4.78, 5) is 0. The summed E-state index contributed by atoms with van der Waals surface area (Å²) in [7, 11) is 0. The first-order valence-electron chi connectivity index (χ1n) is 9.41. The van der Waals surface area contributed by atoms with Gasteiger partial charge in [0.15, 0.2) is 36.6 Å². The van der Waals surface area contributed by atoms with Gasteiger partial charge in [-0.25, -0.2) is 8.78 Å². The second-order valence-corrected chi connectivity index (χ2v) is 7.17. The minimum absolute atomic E-state index is 0.00583. The van der Waals surface area contributed by atoms with E-state index in [1.807, 2.05) is 0 Å². The van der Waals surface area contributed by atoms with Crippen LogP contribution in [0.25, 0.3) is 0 Å². The van der Waals surface area contributed by atoms with Crippen LogP contribution in [-0.2, 0) is 18.9 Å². The number of benzene rings is 1. The second-order valence-electron chi connectivity index (χ2n) is 7.17. The van der Waals surface area contributed by atoms with Gasteiger partial charge in [0.05, 0.1) is 32.3 Å². The Morgan fingerprint density at radius 2 is 1.55 bits per heavy atom. The Morgan fingerprint density at radius 1 is 0.966 bits per heavy atom. The van der Waals surface area contributed by atoms with Crippen LogP contribution in [0.3, 0.4) is 0 Å². The van der Waals surface area contributed by atoms with Crippen molar-refractivity contribution in [2.45, 2.75) is 38.5 Å². The van der Waals surface area contributed by atoms with Crippen LogP contribution in [0, 0.1) is 23.5 Å². The van der Waals surface area contributed by atoms with E-state index in [1.54, 1.807) is 0 Å². The molecule has 164 valence electrons. The van der Waals surface area contributed by atoms with E-state index in [0.717, 1.165) is 25.0 Å². The van der Waals surface area contributed by atoms with Gasteiger partial charge in [-0.15, -0.1) is 0 Å². The first-order chi connectivity index (χ1) is 13.8. The number of alkyl halides is 3. The average molecular weight is 426 g/mol. The van der Waals surface area contributed by atoms with Gasteiger partial charge >= 0.3 is 6.18 Å². The molecule has 3 rings (SSSR count). The molecule has 0 N–H and O–H groups in total. The van der Waals surface area contributed by atoms with Crippen LogP contribution in [0.4, 0.5) is 22.0 Å². The summed E-state index contributed by atoms with van der Waals surface area (Å²) in [5, 5.41) is 0. The monoisotopic (exact) mass is 426 g/mol. The molecule has 0 saturated carbocycles. The third kappa shape index (κ3) is 6.00. The van der Waals surface area contributed by atoms with Gasteiger partial charge in [0.2, 0.25) is 0 Å². The van der Waals surface area contributed by atoms with E-state index < -0.39 is 42.7 Å². The Bertz CT molecular complexity index is 644. The minimum atomic E-state index is -4.71. The Kier molecular flexibility index (Phi) is 7.31. The number of hydrogen-bond donors (Lipinski definition) is 0. The lowest BCUT2D eigenvalue weighted by atomic mass is 10.0. The smallest absolute Gasteiger partial charge is 0.422 e. The fourth-order valence-corrected chi connectivity index (χ4v) is 3.28. The number of hydrogen-bond acceptors (Lipinski definition) is 5. The fourth-order valence-electron chi connectivity index (χ4n) is 3.28. The van der Waals surface area contributed by atoms with Gasteiger partial charge in [0, 0.05) is 11.5 Å². The van der Waals surface area contributed by atoms with E-state index in [9.17, 15) is 22.0 Å². The van der Waals surface area contributed by atoms with Crippen molar-refractivity contribution in [1.82, 2.24) is 0 Å². The molecule has 2 aliphatic heterocycles. The number of rotatable bonds is 6. The molecule has 1 aromatic carbocycles. The standard InChI is InChI=1S/C19H23F5O5/c1-2-3-11-6-25-18(26-7-11)13-8-27-17(28-9-13)12-4-14(20)16(15(21)5-12)29-10-19(22,23)24/h4-5,11,13,17-18H,2-3,6-10H2,1H3. The van der Waals surface area contributed by atoms with E-state index in [4.69, 9.17) is 18.9 Å². The molecule has 2 fully saturated rings. The Labute approximate surface area is 165 Å². The first kappa shape index (κ1) is 22.2. The topological polar surface area (TPSA) is 46.2 Å². The predicted octanol–water partition coefficient (Wildman–Crippen LogP) is 4.36. The van der Waals surface area contributed by atoms with E-state index in [-0.39, 0.29) is 24.7 Å². The van der Waals surface area contributed by atoms with Crippen LogP contribution < -0.4 is 4.74 Å². The van der Waals surface area contributed by atoms with Crippen LogP contribution in [0.1, 0.15) is 31.6 Å². The quantitative estimate of drug-likeness (QED) is 0.633.